The van der Waals surface area contributed by atoms with Crippen molar-refractivity contribution < 1.29 is 8.78 Å². The first-order valence-electron chi connectivity index (χ1n) is 12.1. The molecule has 0 aliphatic heterocycles. The standard InChI is InChI=1S/C28H38F2/c1-4-6-7-9-22-12-16-24(17-13-22)26-19-18-25(27(29)28(26)30)20(3)23-14-10-21(8-5-2)11-15-23/h12-13,16-21,23H,4-11,14-15H2,1-3H3. The Hall–Kier alpha value is -1.70. The molecule has 0 nitrogen and oxygen atoms in total. The Bertz CT molecular complexity index is 785. The first-order valence-corrected chi connectivity index (χ1v) is 12.1. The van der Waals surface area contributed by atoms with E-state index in [1.54, 1.807) is 6.07 Å². The average molecular weight is 413 g/mol. The molecule has 0 saturated heterocycles. The van der Waals surface area contributed by atoms with Gasteiger partial charge in [-0.05, 0) is 60.1 Å². The Balaban J connectivity index is 1.71. The van der Waals surface area contributed by atoms with Crippen molar-refractivity contribution >= 4 is 0 Å². The summed E-state index contributed by atoms with van der Waals surface area (Å²) in [5.41, 5.74) is 2.93. The zero-order valence-corrected chi connectivity index (χ0v) is 19.0. The molecule has 0 radical (unpaired) electrons. The Morgan fingerprint density at radius 3 is 2.17 bits per heavy atom. The Morgan fingerprint density at radius 2 is 1.53 bits per heavy atom. The zero-order chi connectivity index (χ0) is 21.5. The molecule has 164 valence electrons. The fraction of sp³-hybridized carbons (Fsp3) is 0.571. The van der Waals surface area contributed by atoms with E-state index < -0.39 is 11.6 Å². The number of unbranched alkanes of at least 4 members (excludes halogenated alkanes) is 2. The molecule has 1 aliphatic carbocycles. The number of hydrogen-bond donors (Lipinski definition) is 0. The highest BCUT2D eigenvalue weighted by Gasteiger charge is 2.28. The molecule has 2 aromatic carbocycles. The predicted molar refractivity (Wildman–Crippen MR) is 124 cm³/mol. The molecule has 1 fully saturated rings. The van der Waals surface area contributed by atoms with Gasteiger partial charge in [-0.1, -0.05) is 95.7 Å². The van der Waals surface area contributed by atoms with Gasteiger partial charge in [0.25, 0.3) is 0 Å². The Morgan fingerprint density at radius 1 is 0.833 bits per heavy atom. The van der Waals surface area contributed by atoms with E-state index in [4.69, 9.17) is 0 Å². The van der Waals surface area contributed by atoms with E-state index in [9.17, 15) is 0 Å². The van der Waals surface area contributed by atoms with Gasteiger partial charge in [-0.3, -0.25) is 0 Å². The second-order valence-electron chi connectivity index (χ2n) is 9.34. The molecule has 30 heavy (non-hydrogen) atoms. The molecule has 0 spiro atoms. The lowest BCUT2D eigenvalue weighted by atomic mass is 9.73. The summed E-state index contributed by atoms with van der Waals surface area (Å²) in [5.74, 6) is 0.00476. The maximum atomic E-state index is 15.1. The van der Waals surface area contributed by atoms with Crippen LogP contribution < -0.4 is 0 Å². The summed E-state index contributed by atoms with van der Waals surface area (Å²) in [7, 11) is 0. The van der Waals surface area contributed by atoms with Crippen LogP contribution in [0.1, 0.15) is 95.6 Å². The normalized spacial score (nSPS) is 20.3. The number of hydrogen-bond acceptors (Lipinski definition) is 0. The molecule has 0 amide bonds. The van der Waals surface area contributed by atoms with Gasteiger partial charge in [-0.2, -0.15) is 0 Å². The van der Waals surface area contributed by atoms with Crippen molar-refractivity contribution in [2.75, 3.05) is 0 Å². The third kappa shape index (κ3) is 5.50. The van der Waals surface area contributed by atoms with E-state index in [1.807, 2.05) is 30.3 Å². The monoisotopic (exact) mass is 412 g/mol. The van der Waals surface area contributed by atoms with Gasteiger partial charge in [0.2, 0.25) is 0 Å². The zero-order valence-electron chi connectivity index (χ0n) is 19.0. The van der Waals surface area contributed by atoms with Crippen molar-refractivity contribution in [1.82, 2.24) is 0 Å². The van der Waals surface area contributed by atoms with Gasteiger partial charge < -0.3 is 0 Å². The minimum Gasteiger partial charge on any atom is -0.203 e. The fourth-order valence-corrected chi connectivity index (χ4v) is 5.21. The van der Waals surface area contributed by atoms with Crippen LogP contribution in [-0.2, 0) is 6.42 Å². The maximum Gasteiger partial charge on any atom is 0.166 e. The first kappa shape index (κ1) is 23.0. The molecule has 3 rings (SSSR count). The second-order valence-corrected chi connectivity index (χ2v) is 9.34. The Labute approximate surface area is 182 Å². The van der Waals surface area contributed by atoms with E-state index in [0.29, 0.717) is 17.0 Å². The lowest BCUT2D eigenvalue weighted by molar-refractivity contribution is 0.236. The summed E-state index contributed by atoms with van der Waals surface area (Å²) in [6, 6.07) is 11.6. The molecule has 1 atom stereocenters. The predicted octanol–water partition coefficient (Wildman–Crippen LogP) is 9.07. The molecule has 0 aromatic heterocycles. The van der Waals surface area contributed by atoms with Gasteiger partial charge in [-0.15, -0.1) is 0 Å². The van der Waals surface area contributed by atoms with Crippen LogP contribution >= 0.6 is 0 Å². The largest absolute Gasteiger partial charge is 0.203 e. The summed E-state index contributed by atoms with van der Waals surface area (Å²) in [6.07, 6.45) is 11.9. The smallest absolute Gasteiger partial charge is 0.166 e. The van der Waals surface area contributed by atoms with Gasteiger partial charge in [0, 0.05) is 5.56 Å². The van der Waals surface area contributed by atoms with Crippen LogP contribution in [0.4, 0.5) is 8.78 Å². The van der Waals surface area contributed by atoms with Crippen LogP contribution in [0.25, 0.3) is 11.1 Å². The molecule has 2 heteroatoms. The number of benzene rings is 2. The molecule has 1 aliphatic rings. The van der Waals surface area contributed by atoms with Gasteiger partial charge >= 0.3 is 0 Å². The van der Waals surface area contributed by atoms with Gasteiger partial charge in [-0.25, -0.2) is 8.78 Å². The summed E-state index contributed by atoms with van der Waals surface area (Å²) in [5, 5.41) is 0. The van der Waals surface area contributed by atoms with E-state index >= 15 is 8.78 Å². The van der Waals surface area contributed by atoms with Crippen LogP contribution in [0, 0.1) is 23.5 Å². The third-order valence-corrected chi connectivity index (χ3v) is 7.23. The quantitative estimate of drug-likeness (QED) is 0.360. The minimum absolute atomic E-state index is 0.0667. The lowest BCUT2D eigenvalue weighted by Crippen LogP contribution is -2.20. The SMILES string of the molecule is CCCCCc1ccc(-c2ccc(C(C)C3CCC(CCC)CC3)c(F)c2F)cc1. The first-order chi connectivity index (χ1) is 14.5. The summed E-state index contributed by atoms with van der Waals surface area (Å²) >= 11 is 0. The maximum absolute atomic E-state index is 15.1. The van der Waals surface area contributed by atoms with E-state index in [2.05, 4.69) is 20.8 Å². The van der Waals surface area contributed by atoms with Crippen molar-refractivity contribution in [2.45, 2.75) is 90.9 Å². The summed E-state index contributed by atoms with van der Waals surface area (Å²) in [6.45, 7) is 6.52. The van der Waals surface area contributed by atoms with E-state index in [0.717, 1.165) is 30.7 Å². The number of aryl methyl sites for hydroxylation is 1. The molecule has 1 unspecified atom stereocenters. The molecule has 0 bridgehead atoms. The third-order valence-electron chi connectivity index (χ3n) is 7.23. The molecule has 2 aromatic rings. The lowest BCUT2D eigenvalue weighted by Gasteiger charge is -2.32. The highest BCUT2D eigenvalue weighted by molar-refractivity contribution is 5.65. The highest BCUT2D eigenvalue weighted by atomic mass is 19.2. The highest BCUT2D eigenvalue weighted by Crippen LogP contribution is 2.41. The van der Waals surface area contributed by atoms with Crippen molar-refractivity contribution in [3.63, 3.8) is 0 Å². The van der Waals surface area contributed by atoms with Crippen LogP contribution in [0.15, 0.2) is 36.4 Å². The summed E-state index contributed by atoms with van der Waals surface area (Å²) < 4.78 is 30.1. The molecule has 0 heterocycles. The molecule has 1 saturated carbocycles. The number of rotatable bonds is 9. The van der Waals surface area contributed by atoms with Crippen LogP contribution in [-0.4, -0.2) is 0 Å². The second kappa shape index (κ2) is 11.1. The molecular formula is C28H38F2. The van der Waals surface area contributed by atoms with Crippen molar-refractivity contribution in [3.8, 4) is 11.1 Å². The number of halogens is 2. The van der Waals surface area contributed by atoms with Crippen molar-refractivity contribution in [2.24, 2.45) is 11.8 Å². The van der Waals surface area contributed by atoms with Crippen LogP contribution in [0.5, 0.6) is 0 Å². The van der Waals surface area contributed by atoms with Crippen LogP contribution in [0.3, 0.4) is 0 Å². The van der Waals surface area contributed by atoms with Gasteiger partial charge in [0.05, 0.1) is 0 Å². The topological polar surface area (TPSA) is 0 Å². The molecular weight excluding hydrogens is 374 g/mol. The van der Waals surface area contributed by atoms with Gasteiger partial charge in [0.15, 0.2) is 11.6 Å². The van der Waals surface area contributed by atoms with Crippen molar-refractivity contribution in [1.29, 1.82) is 0 Å². The van der Waals surface area contributed by atoms with E-state index in [-0.39, 0.29) is 5.92 Å². The fourth-order valence-electron chi connectivity index (χ4n) is 5.21. The molecule has 0 N–H and O–H groups in total. The Kier molecular flexibility index (Phi) is 8.48. The van der Waals surface area contributed by atoms with Gasteiger partial charge in [0.1, 0.15) is 0 Å². The summed E-state index contributed by atoms with van der Waals surface area (Å²) in [4.78, 5) is 0. The van der Waals surface area contributed by atoms with Crippen LogP contribution in [0.2, 0.25) is 0 Å². The minimum atomic E-state index is -0.697. The average Bonchev–Trinajstić information content (AvgIpc) is 2.77. The van der Waals surface area contributed by atoms with E-state index in [1.165, 1.54) is 50.5 Å². The van der Waals surface area contributed by atoms with Crippen molar-refractivity contribution in [3.05, 3.63) is 59.2 Å².